The van der Waals surface area contributed by atoms with Crippen LogP contribution >= 0.6 is 11.6 Å². The van der Waals surface area contributed by atoms with Gasteiger partial charge in [-0.2, -0.15) is 4.72 Å². The van der Waals surface area contributed by atoms with Crippen LogP contribution in [0.15, 0.2) is 47.4 Å². The Kier molecular flexibility index (Phi) is 8.00. The Balaban J connectivity index is 1.54. The first-order chi connectivity index (χ1) is 15.2. The number of benzene rings is 2. The van der Waals surface area contributed by atoms with Gasteiger partial charge in [0, 0.05) is 37.7 Å². The van der Waals surface area contributed by atoms with E-state index in [2.05, 4.69) is 9.62 Å². The van der Waals surface area contributed by atoms with Gasteiger partial charge in [-0.05, 0) is 48.9 Å². The van der Waals surface area contributed by atoms with Crippen molar-refractivity contribution >= 4 is 27.5 Å². The van der Waals surface area contributed by atoms with Crippen LogP contribution in [0.3, 0.4) is 0 Å². The summed E-state index contributed by atoms with van der Waals surface area (Å²) in [7, 11) is -0.605. The normalized spacial score (nSPS) is 15.9. The second-order valence-corrected chi connectivity index (χ2v) is 9.74. The van der Waals surface area contributed by atoms with Gasteiger partial charge >= 0.3 is 0 Å². The number of carbonyl (C=O) groups excluding carboxylic acids is 1. The lowest BCUT2D eigenvalue weighted by molar-refractivity contribution is -0.134. The molecule has 0 aliphatic carbocycles. The van der Waals surface area contributed by atoms with Gasteiger partial charge < -0.3 is 14.4 Å². The zero-order valence-electron chi connectivity index (χ0n) is 18.4. The van der Waals surface area contributed by atoms with Crippen LogP contribution in [0.2, 0.25) is 5.02 Å². The highest BCUT2D eigenvalue weighted by atomic mass is 35.5. The number of sulfonamides is 1. The molecule has 0 radical (unpaired) electrons. The molecule has 10 heteroatoms. The average Bonchev–Trinajstić information content (AvgIpc) is 2.79. The Morgan fingerprint density at radius 2 is 1.66 bits per heavy atom. The number of nitrogens with one attached hydrogen (secondary N) is 1. The second kappa shape index (κ2) is 10.5. The van der Waals surface area contributed by atoms with Gasteiger partial charge in [-0.3, -0.25) is 9.69 Å². The minimum absolute atomic E-state index is 0.0706. The highest BCUT2D eigenvalue weighted by Crippen LogP contribution is 2.28. The lowest BCUT2D eigenvalue weighted by Gasteiger charge is -2.36. The molecule has 1 aliphatic heterocycles. The molecule has 2 aromatic carbocycles. The van der Waals surface area contributed by atoms with Gasteiger partial charge in [0.2, 0.25) is 15.9 Å². The molecule has 1 heterocycles. The number of hydrogen-bond acceptors (Lipinski definition) is 6. The average molecular weight is 482 g/mol. The molecule has 3 rings (SSSR count). The van der Waals surface area contributed by atoms with E-state index in [4.69, 9.17) is 21.1 Å². The molecule has 0 aromatic heterocycles. The number of carbonyl (C=O) groups is 1. The number of rotatable bonds is 8. The number of nitrogens with zero attached hydrogens (tertiary/aromatic N) is 2. The van der Waals surface area contributed by atoms with Gasteiger partial charge in [-0.15, -0.1) is 0 Å². The summed E-state index contributed by atoms with van der Waals surface area (Å²) in [6, 6.07) is 10.8. The highest BCUT2D eigenvalue weighted by Gasteiger charge is 2.28. The summed E-state index contributed by atoms with van der Waals surface area (Å²) in [6.07, 6.45) is 0. The van der Waals surface area contributed by atoms with Crippen molar-refractivity contribution in [1.29, 1.82) is 0 Å². The fraction of sp³-hybridized carbons (Fsp3) is 0.409. The zero-order chi connectivity index (χ0) is 23.3. The molecule has 8 nitrogen and oxygen atoms in total. The van der Waals surface area contributed by atoms with E-state index in [1.165, 1.54) is 24.3 Å². The molecule has 0 unspecified atom stereocenters. The lowest BCUT2D eigenvalue weighted by Crippen LogP contribution is -2.53. The van der Waals surface area contributed by atoms with E-state index in [0.29, 0.717) is 42.7 Å². The first-order valence-electron chi connectivity index (χ1n) is 10.2. The molecule has 1 N–H and O–H groups in total. The summed E-state index contributed by atoms with van der Waals surface area (Å²) < 4.78 is 38.2. The topological polar surface area (TPSA) is 88.2 Å². The van der Waals surface area contributed by atoms with Crippen LogP contribution in [0.5, 0.6) is 11.5 Å². The van der Waals surface area contributed by atoms with Gasteiger partial charge in [-0.1, -0.05) is 17.7 Å². The standard InChI is InChI=1S/C22H28ClN3O5S/c1-16(24-32(28,29)19-7-5-18(23)6-8-19)22(27)26-12-10-25(11-13-26)15-17-4-9-20(30-2)21(14-17)31-3/h4-9,14,16,24H,10-13,15H2,1-3H3/t16-/m0/s1. The molecule has 1 saturated heterocycles. The molecule has 1 fully saturated rings. The predicted octanol–water partition coefficient (Wildman–Crippen LogP) is 2.37. The van der Waals surface area contributed by atoms with E-state index < -0.39 is 16.1 Å². The van der Waals surface area contributed by atoms with Gasteiger partial charge in [-0.25, -0.2) is 8.42 Å². The molecule has 174 valence electrons. The molecule has 2 aromatic rings. The number of ether oxygens (including phenoxy) is 2. The second-order valence-electron chi connectivity index (χ2n) is 7.59. The van der Waals surface area contributed by atoms with E-state index in [0.717, 1.165) is 12.1 Å². The van der Waals surface area contributed by atoms with Crippen molar-refractivity contribution in [3.63, 3.8) is 0 Å². The third kappa shape index (κ3) is 5.92. The third-order valence-electron chi connectivity index (χ3n) is 5.36. The van der Waals surface area contributed by atoms with Gasteiger partial charge in [0.15, 0.2) is 11.5 Å². The van der Waals surface area contributed by atoms with Crippen molar-refractivity contribution in [2.24, 2.45) is 0 Å². The van der Waals surface area contributed by atoms with Gasteiger partial charge in [0.05, 0.1) is 25.2 Å². The van der Waals surface area contributed by atoms with Crippen LogP contribution < -0.4 is 14.2 Å². The quantitative estimate of drug-likeness (QED) is 0.622. The molecule has 1 amide bonds. The highest BCUT2D eigenvalue weighted by molar-refractivity contribution is 7.89. The van der Waals surface area contributed by atoms with E-state index in [1.807, 2.05) is 18.2 Å². The number of hydrogen-bond donors (Lipinski definition) is 1. The van der Waals surface area contributed by atoms with Crippen LogP contribution in [-0.2, 0) is 21.4 Å². The summed E-state index contributed by atoms with van der Waals surface area (Å²) in [6.45, 7) is 4.72. The maximum atomic E-state index is 12.8. The molecule has 32 heavy (non-hydrogen) atoms. The Morgan fingerprint density at radius 3 is 2.25 bits per heavy atom. The SMILES string of the molecule is COc1ccc(CN2CCN(C(=O)[C@H](C)NS(=O)(=O)c3ccc(Cl)cc3)CC2)cc1OC. The Bertz CT molecular complexity index is 1040. The third-order valence-corrected chi connectivity index (χ3v) is 7.17. The van der Waals surface area contributed by atoms with Gasteiger partial charge in [0.1, 0.15) is 0 Å². The maximum Gasteiger partial charge on any atom is 0.241 e. The minimum atomic E-state index is -3.81. The summed E-state index contributed by atoms with van der Waals surface area (Å²) in [5.74, 6) is 1.12. The fourth-order valence-corrected chi connectivity index (χ4v) is 4.93. The van der Waals surface area contributed by atoms with E-state index >= 15 is 0 Å². The molecular formula is C22H28ClN3O5S. The first kappa shape index (κ1) is 24.3. The van der Waals surface area contributed by atoms with Crippen LogP contribution in [0, 0.1) is 0 Å². The number of methoxy groups -OCH3 is 2. The van der Waals surface area contributed by atoms with E-state index in [9.17, 15) is 13.2 Å². The molecule has 0 spiro atoms. The minimum Gasteiger partial charge on any atom is -0.493 e. The van der Waals surface area contributed by atoms with Crippen molar-refractivity contribution < 1.29 is 22.7 Å². The Labute approximate surface area is 194 Å². The molecule has 0 bridgehead atoms. The smallest absolute Gasteiger partial charge is 0.241 e. The van der Waals surface area contributed by atoms with E-state index in [-0.39, 0.29) is 10.8 Å². The Morgan fingerprint density at radius 1 is 1.03 bits per heavy atom. The van der Waals surface area contributed by atoms with Crippen LogP contribution in [0.4, 0.5) is 0 Å². The molecule has 1 atom stereocenters. The molecular weight excluding hydrogens is 454 g/mol. The number of amides is 1. The van der Waals surface area contributed by atoms with Crippen molar-refractivity contribution in [2.75, 3.05) is 40.4 Å². The maximum absolute atomic E-state index is 12.8. The summed E-state index contributed by atoms with van der Waals surface area (Å²) in [5.41, 5.74) is 1.09. The van der Waals surface area contributed by atoms with Crippen LogP contribution in [-0.4, -0.2) is 70.6 Å². The largest absolute Gasteiger partial charge is 0.493 e. The fourth-order valence-electron chi connectivity index (χ4n) is 3.60. The van der Waals surface area contributed by atoms with Crippen LogP contribution in [0.1, 0.15) is 12.5 Å². The monoisotopic (exact) mass is 481 g/mol. The van der Waals surface area contributed by atoms with Crippen LogP contribution in [0.25, 0.3) is 0 Å². The predicted molar refractivity (Wildman–Crippen MR) is 123 cm³/mol. The van der Waals surface area contributed by atoms with Crippen molar-refractivity contribution in [1.82, 2.24) is 14.5 Å². The van der Waals surface area contributed by atoms with E-state index in [1.54, 1.807) is 26.0 Å². The number of halogens is 1. The summed E-state index contributed by atoms with van der Waals surface area (Å²) in [4.78, 5) is 16.8. The molecule has 0 saturated carbocycles. The van der Waals surface area contributed by atoms with Crippen molar-refractivity contribution in [3.05, 3.63) is 53.1 Å². The first-order valence-corrected chi connectivity index (χ1v) is 12.1. The lowest BCUT2D eigenvalue weighted by atomic mass is 10.1. The summed E-state index contributed by atoms with van der Waals surface area (Å²) >= 11 is 5.82. The van der Waals surface area contributed by atoms with Crippen molar-refractivity contribution in [2.45, 2.75) is 24.4 Å². The number of piperazine rings is 1. The Hall–Kier alpha value is -2.33. The molecule has 1 aliphatic rings. The van der Waals surface area contributed by atoms with Gasteiger partial charge in [0.25, 0.3) is 0 Å². The van der Waals surface area contributed by atoms with Crippen molar-refractivity contribution in [3.8, 4) is 11.5 Å². The summed E-state index contributed by atoms with van der Waals surface area (Å²) in [5, 5.41) is 0.444. The zero-order valence-corrected chi connectivity index (χ0v) is 19.9.